The molecule has 5 heterocycles. The van der Waals surface area contributed by atoms with Gasteiger partial charge in [0.05, 0.1) is 16.5 Å². The number of thiophene rings is 3. The second-order valence-electron chi connectivity index (χ2n) is 6.01. The molecule has 5 aromatic heterocycles. The second kappa shape index (κ2) is 6.16. The fourth-order valence-electron chi connectivity index (χ4n) is 2.94. The molecule has 0 saturated carbocycles. The summed E-state index contributed by atoms with van der Waals surface area (Å²) in [6.07, 6.45) is 3.86. The highest BCUT2D eigenvalue weighted by Crippen LogP contribution is 2.43. The summed E-state index contributed by atoms with van der Waals surface area (Å²) in [4.78, 5) is 13.9. The molecule has 0 fully saturated rings. The lowest BCUT2D eigenvalue weighted by Gasteiger charge is -1.95. The number of fused-ring (bicyclic) bond motifs is 2. The molecule has 0 N–H and O–H groups in total. The quantitative estimate of drug-likeness (QED) is 0.345. The number of hydrogen-bond acceptors (Lipinski definition) is 6. The van der Waals surface area contributed by atoms with Crippen molar-refractivity contribution in [2.24, 2.45) is 0 Å². The fraction of sp³-hybridized carbons (Fsp3) is 0.100. The molecule has 0 aromatic carbocycles. The van der Waals surface area contributed by atoms with Gasteiger partial charge in [-0.25, -0.2) is 4.98 Å². The van der Waals surface area contributed by atoms with Gasteiger partial charge in [-0.15, -0.1) is 34.0 Å². The molecule has 0 bridgehead atoms. The molecule has 0 atom stereocenters. The van der Waals surface area contributed by atoms with Gasteiger partial charge in [0.15, 0.2) is 0 Å². The number of aryl methyl sites for hydroxylation is 1. The van der Waals surface area contributed by atoms with E-state index in [1.165, 1.54) is 39.7 Å². The Kier molecular flexibility index (Phi) is 3.77. The molecule has 0 aliphatic heterocycles. The van der Waals surface area contributed by atoms with Crippen LogP contribution in [0.2, 0.25) is 0 Å². The SMILES string of the molecule is COc1cc2cc(-c3ccc(-c4cc5cc(C)ncc5s4)s3)sc2cn1. The van der Waals surface area contributed by atoms with Gasteiger partial charge in [-0.3, -0.25) is 4.98 Å². The van der Waals surface area contributed by atoms with E-state index in [4.69, 9.17) is 4.74 Å². The van der Waals surface area contributed by atoms with Crippen LogP contribution in [-0.4, -0.2) is 17.1 Å². The van der Waals surface area contributed by atoms with Crippen LogP contribution in [0.3, 0.4) is 0 Å². The van der Waals surface area contributed by atoms with Gasteiger partial charge in [-0.2, -0.15) is 0 Å². The lowest BCUT2D eigenvalue weighted by Crippen LogP contribution is -1.84. The highest BCUT2D eigenvalue weighted by atomic mass is 32.1. The molecule has 128 valence electrons. The summed E-state index contributed by atoms with van der Waals surface area (Å²) in [7, 11) is 1.65. The van der Waals surface area contributed by atoms with Gasteiger partial charge in [0.25, 0.3) is 0 Å². The third kappa shape index (κ3) is 2.70. The molecular formula is C20H14N2OS3. The number of methoxy groups -OCH3 is 1. The molecule has 6 heteroatoms. The van der Waals surface area contributed by atoms with Crippen LogP contribution < -0.4 is 4.74 Å². The van der Waals surface area contributed by atoms with Crippen molar-refractivity contribution in [1.29, 1.82) is 0 Å². The van der Waals surface area contributed by atoms with E-state index in [1.807, 2.05) is 36.7 Å². The Morgan fingerprint density at radius 3 is 2.00 bits per heavy atom. The molecule has 0 aliphatic carbocycles. The average molecular weight is 395 g/mol. The van der Waals surface area contributed by atoms with E-state index in [1.54, 1.807) is 29.8 Å². The van der Waals surface area contributed by atoms with Crippen LogP contribution in [0.15, 0.2) is 48.8 Å². The van der Waals surface area contributed by atoms with Crippen LogP contribution in [0.5, 0.6) is 5.88 Å². The Morgan fingerprint density at radius 2 is 1.35 bits per heavy atom. The number of pyridine rings is 2. The van der Waals surface area contributed by atoms with E-state index in [9.17, 15) is 0 Å². The molecule has 0 spiro atoms. The predicted molar refractivity (Wildman–Crippen MR) is 113 cm³/mol. The third-order valence-electron chi connectivity index (χ3n) is 4.22. The summed E-state index contributed by atoms with van der Waals surface area (Å²) in [6, 6.07) is 13.1. The van der Waals surface area contributed by atoms with Gasteiger partial charge in [0.1, 0.15) is 0 Å². The average Bonchev–Trinajstić information content (AvgIpc) is 3.36. The summed E-state index contributed by atoms with van der Waals surface area (Å²) in [5, 5.41) is 2.45. The minimum absolute atomic E-state index is 0.655. The summed E-state index contributed by atoms with van der Waals surface area (Å²) in [6.45, 7) is 2.03. The van der Waals surface area contributed by atoms with Gasteiger partial charge < -0.3 is 4.74 Å². The predicted octanol–water partition coefficient (Wildman–Crippen LogP) is 6.62. The number of rotatable bonds is 3. The first-order chi connectivity index (χ1) is 12.7. The van der Waals surface area contributed by atoms with Crippen LogP contribution >= 0.6 is 34.0 Å². The van der Waals surface area contributed by atoms with Gasteiger partial charge in [0, 0.05) is 49.0 Å². The van der Waals surface area contributed by atoms with Crippen molar-refractivity contribution >= 4 is 54.2 Å². The van der Waals surface area contributed by atoms with Gasteiger partial charge >= 0.3 is 0 Å². The molecular weight excluding hydrogens is 380 g/mol. The highest BCUT2D eigenvalue weighted by Gasteiger charge is 2.12. The van der Waals surface area contributed by atoms with Gasteiger partial charge in [-0.05, 0) is 42.6 Å². The van der Waals surface area contributed by atoms with Crippen molar-refractivity contribution < 1.29 is 4.74 Å². The van der Waals surface area contributed by atoms with Crippen LogP contribution in [0.25, 0.3) is 39.7 Å². The Hall–Kier alpha value is -2.28. The van der Waals surface area contributed by atoms with E-state index in [0.29, 0.717) is 5.88 Å². The van der Waals surface area contributed by atoms with E-state index in [0.717, 1.165) is 5.69 Å². The second-order valence-corrected chi connectivity index (χ2v) is 9.26. The van der Waals surface area contributed by atoms with Crippen LogP contribution in [0, 0.1) is 6.92 Å². The Balaban J connectivity index is 1.54. The van der Waals surface area contributed by atoms with E-state index in [2.05, 4.69) is 40.3 Å². The smallest absolute Gasteiger partial charge is 0.213 e. The summed E-state index contributed by atoms with van der Waals surface area (Å²) in [5.41, 5.74) is 1.06. The fourth-order valence-corrected chi connectivity index (χ4v) is 6.13. The van der Waals surface area contributed by atoms with Crippen LogP contribution in [0.4, 0.5) is 0 Å². The lowest BCUT2D eigenvalue weighted by molar-refractivity contribution is 0.399. The minimum Gasteiger partial charge on any atom is -0.481 e. The van der Waals surface area contributed by atoms with E-state index in [-0.39, 0.29) is 0 Å². The first kappa shape index (κ1) is 15.9. The standard InChI is InChI=1S/C20H14N2OS3/c1-11-5-12-6-16(25-18(12)9-21-11)14-3-4-15(24-14)17-7-13-8-20(23-2)22-10-19(13)26-17/h3-10H,1-2H3. The molecule has 5 rings (SSSR count). The molecule has 26 heavy (non-hydrogen) atoms. The van der Waals surface area contributed by atoms with Gasteiger partial charge in [0.2, 0.25) is 5.88 Å². The monoisotopic (exact) mass is 394 g/mol. The molecule has 0 aliphatic rings. The zero-order valence-corrected chi connectivity index (χ0v) is 16.6. The maximum Gasteiger partial charge on any atom is 0.213 e. The van der Waals surface area contributed by atoms with Crippen molar-refractivity contribution in [3.05, 3.63) is 54.5 Å². The van der Waals surface area contributed by atoms with Crippen molar-refractivity contribution in [2.75, 3.05) is 7.11 Å². The van der Waals surface area contributed by atoms with Crippen molar-refractivity contribution in [1.82, 2.24) is 9.97 Å². The van der Waals surface area contributed by atoms with Crippen LogP contribution in [-0.2, 0) is 0 Å². The molecule has 0 saturated heterocycles. The summed E-state index contributed by atoms with van der Waals surface area (Å²) in [5.74, 6) is 0.655. The first-order valence-corrected chi connectivity index (χ1v) is 10.5. The minimum atomic E-state index is 0.655. The van der Waals surface area contributed by atoms with E-state index < -0.39 is 0 Å². The van der Waals surface area contributed by atoms with Crippen molar-refractivity contribution in [3.63, 3.8) is 0 Å². The lowest BCUT2D eigenvalue weighted by atomic mass is 10.2. The maximum atomic E-state index is 5.23. The Bertz CT molecular complexity index is 1250. The van der Waals surface area contributed by atoms with Crippen molar-refractivity contribution in [2.45, 2.75) is 6.92 Å². The third-order valence-corrected chi connectivity index (χ3v) is 7.87. The summed E-state index contributed by atoms with van der Waals surface area (Å²) < 4.78 is 7.65. The molecule has 0 radical (unpaired) electrons. The highest BCUT2D eigenvalue weighted by molar-refractivity contribution is 7.29. The Morgan fingerprint density at radius 1 is 0.731 bits per heavy atom. The van der Waals surface area contributed by atoms with Crippen molar-refractivity contribution in [3.8, 4) is 25.4 Å². The zero-order chi connectivity index (χ0) is 17.7. The molecule has 3 nitrogen and oxygen atoms in total. The van der Waals surface area contributed by atoms with Crippen LogP contribution in [0.1, 0.15) is 5.69 Å². The van der Waals surface area contributed by atoms with Gasteiger partial charge in [-0.1, -0.05) is 0 Å². The Labute approximate surface area is 162 Å². The number of aromatic nitrogens is 2. The number of nitrogens with zero attached hydrogens (tertiary/aromatic N) is 2. The molecule has 0 unspecified atom stereocenters. The topological polar surface area (TPSA) is 35.0 Å². The summed E-state index contributed by atoms with van der Waals surface area (Å²) >= 11 is 5.41. The first-order valence-electron chi connectivity index (χ1n) is 8.10. The molecule has 5 aromatic rings. The maximum absolute atomic E-state index is 5.23. The van der Waals surface area contributed by atoms with E-state index >= 15 is 0 Å². The zero-order valence-electron chi connectivity index (χ0n) is 14.1. The normalized spacial score (nSPS) is 11.5. The molecule has 0 amide bonds. The number of ether oxygens (including phenoxy) is 1. The number of hydrogen-bond donors (Lipinski definition) is 0. The largest absolute Gasteiger partial charge is 0.481 e.